The molecule has 3 aromatic rings. The zero-order valence-electron chi connectivity index (χ0n) is 20.8. The summed E-state index contributed by atoms with van der Waals surface area (Å²) in [5, 5.41) is 4.04. The lowest BCUT2D eigenvalue weighted by Gasteiger charge is -2.36. The van der Waals surface area contributed by atoms with E-state index >= 15 is 0 Å². The van der Waals surface area contributed by atoms with Crippen LogP contribution in [0.15, 0.2) is 53.6 Å². The number of hydrogen-bond acceptors (Lipinski definition) is 5. The number of amides is 1. The van der Waals surface area contributed by atoms with E-state index in [2.05, 4.69) is 27.0 Å². The predicted octanol–water partition coefficient (Wildman–Crippen LogP) is 3.52. The Balaban J connectivity index is 1.64. The van der Waals surface area contributed by atoms with Crippen molar-refractivity contribution in [3.8, 4) is 0 Å². The molecule has 0 saturated carbocycles. The van der Waals surface area contributed by atoms with Gasteiger partial charge in [0.15, 0.2) is 0 Å². The zero-order valence-corrected chi connectivity index (χ0v) is 21.6. The molecule has 1 amide bonds. The van der Waals surface area contributed by atoms with Crippen LogP contribution in [-0.2, 0) is 21.2 Å². The maximum absolute atomic E-state index is 13.2. The molecule has 4 rings (SSSR count). The number of likely N-dealkylation sites (N-methyl/N-ethyl adjacent to an activating group) is 1. The van der Waals surface area contributed by atoms with Crippen LogP contribution in [0.25, 0.3) is 10.9 Å². The standard InChI is InChI=1S/C26H35N5O3S/c1-4-29-13-15-30(16-14-29)25-12-11-21(35(33,34)31(5-2)6-3)18-24(25)28-26(32)17-20-19-27-23-10-8-7-9-22(20)23/h7-12,18-19,27H,4-6,13-17H2,1-3H3,(H,28,32). The molecule has 2 N–H and O–H groups in total. The third-order valence-corrected chi connectivity index (χ3v) is 8.82. The number of hydrogen-bond donors (Lipinski definition) is 2. The molecule has 35 heavy (non-hydrogen) atoms. The molecule has 1 saturated heterocycles. The Hall–Kier alpha value is -2.88. The lowest BCUT2D eigenvalue weighted by molar-refractivity contribution is -0.115. The van der Waals surface area contributed by atoms with E-state index < -0.39 is 10.0 Å². The number of benzene rings is 2. The van der Waals surface area contributed by atoms with Crippen molar-refractivity contribution in [3.05, 3.63) is 54.2 Å². The number of anilines is 2. The van der Waals surface area contributed by atoms with Crippen LogP contribution in [-0.4, -0.2) is 74.3 Å². The van der Waals surface area contributed by atoms with Gasteiger partial charge in [-0.15, -0.1) is 0 Å². The minimum atomic E-state index is -3.65. The summed E-state index contributed by atoms with van der Waals surface area (Å²) in [6.45, 7) is 11.1. The topological polar surface area (TPSA) is 88.8 Å². The first kappa shape index (κ1) is 25.2. The van der Waals surface area contributed by atoms with E-state index in [0.717, 1.165) is 54.9 Å². The van der Waals surface area contributed by atoms with Gasteiger partial charge < -0.3 is 20.1 Å². The van der Waals surface area contributed by atoms with Gasteiger partial charge >= 0.3 is 0 Å². The lowest BCUT2D eigenvalue weighted by atomic mass is 10.1. The molecule has 1 aromatic heterocycles. The van der Waals surface area contributed by atoms with Crippen LogP contribution in [0.1, 0.15) is 26.3 Å². The van der Waals surface area contributed by atoms with Crippen molar-refractivity contribution in [2.45, 2.75) is 32.1 Å². The van der Waals surface area contributed by atoms with Gasteiger partial charge in [0.25, 0.3) is 0 Å². The number of H-pyrrole nitrogens is 1. The molecule has 1 aliphatic rings. The molecule has 0 radical (unpaired) electrons. The minimum absolute atomic E-state index is 0.180. The average molecular weight is 498 g/mol. The number of nitrogens with zero attached hydrogens (tertiary/aromatic N) is 3. The van der Waals surface area contributed by atoms with Gasteiger partial charge in [0.2, 0.25) is 15.9 Å². The second-order valence-electron chi connectivity index (χ2n) is 8.77. The summed E-state index contributed by atoms with van der Waals surface area (Å²) in [6, 6.07) is 13.0. The summed E-state index contributed by atoms with van der Waals surface area (Å²) in [4.78, 5) is 21.2. The number of sulfonamides is 1. The van der Waals surface area contributed by atoms with Gasteiger partial charge in [-0.2, -0.15) is 4.31 Å². The van der Waals surface area contributed by atoms with Crippen LogP contribution >= 0.6 is 0 Å². The molecule has 188 valence electrons. The molecule has 0 aliphatic carbocycles. The van der Waals surface area contributed by atoms with E-state index in [1.54, 1.807) is 12.1 Å². The van der Waals surface area contributed by atoms with Gasteiger partial charge in [0.1, 0.15) is 0 Å². The molecule has 2 heterocycles. The summed E-state index contributed by atoms with van der Waals surface area (Å²) < 4.78 is 27.8. The van der Waals surface area contributed by atoms with E-state index in [-0.39, 0.29) is 17.2 Å². The van der Waals surface area contributed by atoms with Crippen molar-refractivity contribution in [1.82, 2.24) is 14.2 Å². The van der Waals surface area contributed by atoms with Crippen LogP contribution in [0.3, 0.4) is 0 Å². The third-order valence-electron chi connectivity index (χ3n) is 6.77. The van der Waals surface area contributed by atoms with Crippen molar-refractivity contribution < 1.29 is 13.2 Å². The molecule has 8 nitrogen and oxygen atoms in total. The molecule has 1 aliphatic heterocycles. The Morgan fingerprint density at radius 3 is 2.43 bits per heavy atom. The summed E-state index contributed by atoms with van der Waals surface area (Å²) in [7, 11) is -3.65. The Bertz CT molecular complexity index is 1280. The quantitative estimate of drug-likeness (QED) is 0.472. The molecule has 0 unspecified atom stereocenters. The Labute approximate surface area is 208 Å². The van der Waals surface area contributed by atoms with Crippen molar-refractivity contribution in [2.75, 3.05) is 56.0 Å². The van der Waals surface area contributed by atoms with E-state index in [0.29, 0.717) is 18.8 Å². The average Bonchev–Trinajstić information content (AvgIpc) is 3.27. The van der Waals surface area contributed by atoms with Crippen molar-refractivity contribution in [1.29, 1.82) is 0 Å². The normalized spacial score (nSPS) is 15.1. The number of carbonyl (C=O) groups excluding carboxylic acids is 1. The first-order valence-corrected chi connectivity index (χ1v) is 13.8. The summed E-state index contributed by atoms with van der Waals surface area (Å²) in [5.41, 5.74) is 3.28. The van der Waals surface area contributed by atoms with Crippen molar-refractivity contribution in [3.63, 3.8) is 0 Å². The number of fused-ring (bicyclic) bond motifs is 1. The number of aromatic nitrogens is 1. The molecule has 0 spiro atoms. The first-order chi connectivity index (χ1) is 16.9. The highest BCUT2D eigenvalue weighted by Crippen LogP contribution is 2.31. The van der Waals surface area contributed by atoms with Gasteiger partial charge in [0, 0.05) is 56.4 Å². The van der Waals surface area contributed by atoms with E-state index in [1.807, 2.05) is 50.4 Å². The van der Waals surface area contributed by atoms with Crippen LogP contribution in [0.2, 0.25) is 0 Å². The van der Waals surface area contributed by atoms with Gasteiger partial charge in [-0.25, -0.2) is 8.42 Å². The van der Waals surface area contributed by atoms with Crippen LogP contribution in [0, 0.1) is 0 Å². The molecule has 2 aromatic carbocycles. The summed E-state index contributed by atoms with van der Waals surface area (Å²) in [6.07, 6.45) is 2.05. The van der Waals surface area contributed by atoms with Crippen LogP contribution in [0.4, 0.5) is 11.4 Å². The molecule has 0 atom stereocenters. The summed E-state index contributed by atoms with van der Waals surface area (Å²) in [5.74, 6) is -0.180. The van der Waals surface area contributed by atoms with E-state index in [9.17, 15) is 13.2 Å². The van der Waals surface area contributed by atoms with Gasteiger partial charge in [-0.05, 0) is 36.4 Å². The fraction of sp³-hybridized carbons (Fsp3) is 0.423. The minimum Gasteiger partial charge on any atom is -0.367 e. The first-order valence-electron chi connectivity index (χ1n) is 12.3. The number of para-hydroxylation sites is 1. The monoisotopic (exact) mass is 497 g/mol. The van der Waals surface area contributed by atoms with E-state index in [1.165, 1.54) is 4.31 Å². The van der Waals surface area contributed by atoms with Crippen molar-refractivity contribution >= 4 is 38.2 Å². The van der Waals surface area contributed by atoms with E-state index in [4.69, 9.17) is 0 Å². The van der Waals surface area contributed by atoms with Crippen LogP contribution < -0.4 is 10.2 Å². The highest BCUT2D eigenvalue weighted by Gasteiger charge is 2.25. The van der Waals surface area contributed by atoms with Gasteiger partial charge in [0.05, 0.1) is 22.7 Å². The van der Waals surface area contributed by atoms with Gasteiger partial charge in [-0.3, -0.25) is 4.79 Å². The maximum Gasteiger partial charge on any atom is 0.243 e. The molecule has 0 bridgehead atoms. The number of aromatic amines is 1. The van der Waals surface area contributed by atoms with Crippen molar-refractivity contribution in [2.24, 2.45) is 0 Å². The SMILES string of the molecule is CCN1CCN(c2ccc(S(=O)(=O)N(CC)CC)cc2NC(=O)Cc2c[nH]c3ccccc23)CC1. The Morgan fingerprint density at radius 1 is 1.03 bits per heavy atom. The second kappa shape index (κ2) is 10.8. The Kier molecular flexibility index (Phi) is 7.78. The number of carbonyl (C=O) groups is 1. The highest BCUT2D eigenvalue weighted by atomic mass is 32.2. The van der Waals surface area contributed by atoms with Gasteiger partial charge in [-0.1, -0.05) is 39.0 Å². The number of nitrogens with one attached hydrogen (secondary N) is 2. The molecule has 9 heteroatoms. The molecule has 1 fully saturated rings. The third kappa shape index (κ3) is 5.37. The predicted molar refractivity (Wildman–Crippen MR) is 142 cm³/mol. The maximum atomic E-state index is 13.2. The number of piperazine rings is 1. The summed E-state index contributed by atoms with van der Waals surface area (Å²) >= 11 is 0. The zero-order chi connectivity index (χ0) is 25.0. The fourth-order valence-electron chi connectivity index (χ4n) is 4.71. The molecular formula is C26H35N5O3S. The smallest absolute Gasteiger partial charge is 0.243 e. The fourth-order valence-corrected chi connectivity index (χ4v) is 6.20. The number of rotatable bonds is 9. The highest BCUT2D eigenvalue weighted by molar-refractivity contribution is 7.89. The second-order valence-corrected chi connectivity index (χ2v) is 10.7. The molecular weight excluding hydrogens is 462 g/mol. The largest absolute Gasteiger partial charge is 0.367 e. The van der Waals surface area contributed by atoms with Crippen LogP contribution in [0.5, 0.6) is 0 Å². The lowest BCUT2D eigenvalue weighted by Crippen LogP contribution is -2.46. The Morgan fingerprint density at radius 2 is 1.74 bits per heavy atom.